The Morgan fingerprint density at radius 1 is 1.40 bits per heavy atom. The van der Waals surface area contributed by atoms with Crippen molar-refractivity contribution in [1.82, 2.24) is 9.61 Å². The molecule has 2 nitrogen and oxygen atoms in total. The molecule has 0 saturated carbocycles. The Morgan fingerprint density at radius 2 is 2.30 bits per heavy atom. The van der Waals surface area contributed by atoms with E-state index in [1.54, 1.807) is 10.7 Å². The van der Waals surface area contributed by atoms with Gasteiger partial charge in [0.15, 0.2) is 0 Å². The molecule has 0 bridgehead atoms. The van der Waals surface area contributed by atoms with Crippen molar-refractivity contribution in [2.24, 2.45) is 0 Å². The van der Waals surface area contributed by atoms with Crippen LogP contribution in [0.15, 0.2) is 35.5 Å². The Kier molecular flexibility index (Phi) is 1.17. The summed E-state index contributed by atoms with van der Waals surface area (Å²) in [6, 6.07) is 5.80. The van der Waals surface area contributed by atoms with Gasteiger partial charge in [-0.3, -0.25) is 0 Å². The predicted molar refractivity (Wildman–Crippen MR) is 42.4 cm³/mol. The van der Waals surface area contributed by atoms with Crippen molar-refractivity contribution < 1.29 is 0 Å². The number of hydrogen-bond acceptors (Lipinski definition) is 2. The van der Waals surface area contributed by atoms with E-state index in [-0.39, 0.29) is 0 Å². The lowest BCUT2D eigenvalue weighted by Gasteiger charge is -1.89. The minimum absolute atomic E-state index is 0.966. The van der Waals surface area contributed by atoms with Crippen LogP contribution in [0.4, 0.5) is 0 Å². The van der Waals surface area contributed by atoms with Crippen LogP contribution in [0.1, 0.15) is 0 Å². The number of fused-ring (bicyclic) bond motifs is 1. The molecule has 3 heteroatoms. The van der Waals surface area contributed by atoms with E-state index in [1.165, 1.54) is 0 Å². The quantitative estimate of drug-likeness (QED) is 0.565. The molecule has 0 spiro atoms. The van der Waals surface area contributed by atoms with Gasteiger partial charge in [0.1, 0.15) is 0 Å². The van der Waals surface area contributed by atoms with Crippen molar-refractivity contribution in [2.45, 2.75) is 4.90 Å². The first-order valence-corrected chi connectivity index (χ1v) is 3.44. The van der Waals surface area contributed by atoms with Crippen molar-refractivity contribution in [1.29, 1.82) is 0 Å². The van der Waals surface area contributed by atoms with Crippen molar-refractivity contribution in [2.75, 3.05) is 0 Å². The molecule has 10 heavy (non-hydrogen) atoms. The first-order valence-electron chi connectivity index (χ1n) is 2.99. The zero-order chi connectivity index (χ0) is 6.97. The van der Waals surface area contributed by atoms with E-state index >= 15 is 0 Å². The summed E-state index contributed by atoms with van der Waals surface area (Å²) in [7, 11) is 0. The van der Waals surface area contributed by atoms with Crippen LogP contribution in [0, 0.1) is 0 Å². The Morgan fingerprint density at radius 3 is 3.10 bits per heavy atom. The van der Waals surface area contributed by atoms with Gasteiger partial charge in [-0.1, -0.05) is 0 Å². The molecule has 0 N–H and O–H groups in total. The smallest absolute Gasteiger partial charge is 0.0779 e. The molecule has 0 unspecified atom stereocenters. The average Bonchev–Trinajstić information content (AvgIpc) is 2.34. The van der Waals surface area contributed by atoms with E-state index in [1.807, 2.05) is 24.4 Å². The summed E-state index contributed by atoms with van der Waals surface area (Å²) >= 11 is 4.24. The fourth-order valence-corrected chi connectivity index (χ4v) is 1.17. The van der Waals surface area contributed by atoms with Crippen molar-refractivity contribution in [3.05, 3.63) is 30.6 Å². The second-order valence-electron chi connectivity index (χ2n) is 2.05. The van der Waals surface area contributed by atoms with Crippen LogP contribution < -0.4 is 0 Å². The van der Waals surface area contributed by atoms with E-state index in [0.717, 1.165) is 10.4 Å². The molecule has 50 valence electrons. The Labute approximate surface area is 63.9 Å². The highest BCUT2D eigenvalue weighted by Gasteiger charge is 1.94. The minimum Gasteiger partial charge on any atom is -0.240 e. The lowest BCUT2D eigenvalue weighted by Crippen LogP contribution is -1.85. The van der Waals surface area contributed by atoms with Gasteiger partial charge in [-0.05, 0) is 18.2 Å². The van der Waals surface area contributed by atoms with Crippen LogP contribution in [0.25, 0.3) is 5.52 Å². The maximum atomic E-state index is 4.24. The molecule has 0 fully saturated rings. The van der Waals surface area contributed by atoms with Crippen LogP contribution >= 0.6 is 12.6 Å². The van der Waals surface area contributed by atoms with Gasteiger partial charge in [0.2, 0.25) is 0 Å². The van der Waals surface area contributed by atoms with Crippen molar-refractivity contribution in [3.63, 3.8) is 0 Å². The number of aromatic nitrogens is 2. The molecule has 0 saturated heterocycles. The normalized spacial score (nSPS) is 10.5. The van der Waals surface area contributed by atoms with E-state index in [4.69, 9.17) is 0 Å². The van der Waals surface area contributed by atoms with Crippen LogP contribution in [0.2, 0.25) is 0 Å². The Hall–Kier alpha value is -0.960. The summed E-state index contributed by atoms with van der Waals surface area (Å²) < 4.78 is 1.79. The summed E-state index contributed by atoms with van der Waals surface area (Å²) in [5, 5.41) is 4.07. The van der Waals surface area contributed by atoms with Crippen LogP contribution in [0.3, 0.4) is 0 Å². The van der Waals surface area contributed by atoms with E-state index in [0.29, 0.717) is 0 Å². The van der Waals surface area contributed by atoms with Gasteiger partial charge in [-0.25, -0.2) is 4.52 Å². The Balaban J connectivity index is 2.93. The SMILES string of the molecule is Sc1ccn2ncccc12. The molecular weight excluding hydrogens is 144 g/mol. The lowest BCUT2D eigenvalue weighted by atomic mass is 10.4. The van der Waals surface area contributed by atoms with Gasteiger partial charge in [-0.2, -0.15) is 5.10 Å². The molecule has 2 aromatic rings. The molecular formula is C7H6N2S. The zero-order valence-electron chi connectivity index (χ0n) is 5.23. The first kappa shape index (κ1) is 5.80. The molecule has 0 radical (unpaired) electrons. The van der Waals surface area contributed by atoms with E-state index < -0.39 is 0 Å². The van der Waals surface area contributed by atoms with Crippen molar-refractivity contribution >= 4 is 18.1 Å². The van der Waals surface area contributed by atoms with Gasteiger partial charge in [0.05, 0.1) is 5.52 Å². The molecule has 0 atom stereocenters. The van der Waals surface area contributed by atoms with Crippen LogP contribution in [-0.2, 0) is 0 Å². The van der Waals surface area contributed by atoms with Gasteiger partial charge >= 0.3 is 0 Å². The standard InChI is InChI=1S/C7H6N2S/c10-7-3-5-9-6(7)2-1-4-8-9/h1-5,10H. The third kappa shape index (κ3) is 0.708. The first-order chi connectivity index (χ1) is 4.88. The molecule has 2 heterocycles. The van der Waals surface area contributed by atoms with Crippen LogP contribution in [0.5, 0.6) is 0 Å². The highest BCUT2D eigenvalue weighted by atomic mass is 32.1. The Bertz CT molecular complexity index is 353. The highest BCUT2D eigenvalue weighted by molar-refractivity contribution is 7.80. The summed E-state index contributed by atoms with van der Waals surface area (Å²) in [6.07, 6.45) is 3.64. The number of nitrogens with zero attached hydrogens (tertiary/aromatic N) is 2. The molecule has 2 rings (SSSR count). The fourth-order valence-electron chi connectivity index (χ4n) is 0.931. The second-order valence-corrected chi connectivity index (χ2v) is 2.54. The topological polar surface area (TPSA) is 17.3 Å². The van der Waals surface area contributed by atoms with Gasteiger partial charge < -0.3 is 0 Å². The maximum absolute atomic E-state index is 4.24. The summed E-state index contributed by atoms with van der Waals surface area (Å²) in [4.78, 5) is 0.966. The van der Waals surface area contributed by atoms with E-state index in [2.05, 4.69) is 17.7 Å². The van der Waals surface area contributed by atoms with E-state index in [9.17, 15) is 0 Å². The van der Waals surface area contributed by atoms with Gasteiger partial charge in [0, 0.05) is 17.3 Å². The fraction of sp³-hybridized carbons (Fsp3) is 0. The molecule has 0 aromatic carbocycles. The molecule has 2 aromatic heterocycles. The summed E-state index contributed by atoms with van der Waals surface area (Å²) in [6.45, 7) is 0. The third-order valence-electron chi connectivity index (χ3n) is 1.41. The highest BCUT2D eigenvalue weighted by Crippen LogP contribution is 2.13. The number of hydrogen-bond donors (Lipinski definition) is 1. The molecule has 0 aliphatic carbocycles. The molecule has 0 amide bonds. The number of thiol groups is 1. The summed E-state index contributed by atoms with van der Waals surface area (Å²) in [5.41, 5.74) is 1.05. The third-order valence-corrected chi connectivity index (χ3v) is 1.79. The van der Waals surface area contributed by atoms with Crippen LogP contribution in [-0.4, -0.2) is 9.61 Å². The van der Waals surface area contributed by atoms with Crippen molar-refractivity contribution in [3.8, 4) is 0 Å². The molecule has 0 aliphatic heterocycles. The predicted octanol–water partition coefficient (Wildman–Crippen LogP) is 1.62. The van der Waals surface area contributed by atoms with Gasteiger partial charge in [-0.15, -0.1) is 12.6 Å². The van der Waals surface area contributed by atoms with Gasteiger partial charge in [0.25, 0.3) is 0 Å². The second kappa shape index (κ2) is 2.02. The maximum Gasteiger partial charge on any atom is 0.0779 e. The average molecular weight is 150 g/mol. The molecule has 0 aliphatic rings. The monoisotopic (exact) mass is 150 g/mol. The zero-order valence-corrected chi connectivity index (χ0v) is 6.12. The minimum atomic E-state index is 0.966. The summed E-state index contributed by atoms with van der Waals surface area (Å²) in [5.74, 6) is 0. The number of rotatable bonds is 0. The largest absolute Gasteiger partial charge is 0.240 e. The lowest BCUT2D eigenvalue weighted by molar-refractivity contribution is 0.938.